The van der Waals surface area contributed by atoms with Gasteiger partial charge in [-0.05, 0) is 31.9 Å². The summed E-state index contributed by atoms with van der Waals surface area (Å²) in [5.41, 5.74) is 0.595. The second-order valence-corrected chi connectivity index (χ2v) is 3.79. The summed E-state index contributed by atoms with van der Waals surface area (Å²) in [6, 6.07) is 3.01. The molecule has 0 bridgehead atoms. The summed E-state index contributed by atoms with van der Waals surface area (Å²) in [5, 5.41) is 18.6. The van der Waals surface area contributed by atoms with Crippen molar-refractivity contribution in [2.24, 2.45) is 0 Å². The predicted molar refractivity (Wildman–Crippen MR) is 66.5 cm³/mol. The van der Waals surface area contributed by atoms with Crippen LogP contribution in [0.15, 0.2) is 12.1 Å². The van der Waals surface area contributed by atoms with Crippen molar-refractivity contribution in [2.45, 2.75) is 33.1 Å². The monoisotopic (exact) mass is 254 g/mol. The van der Waals surface area contributed by atoms with Gasteiger partial charge in [0.25, 0.3) is 0 Å². The van der Waals surface area contributed by atoms with E-state index in [0.29, 0.717) is 24.3 Å². The van der Waals surface area contributed by atoms with E-state index in [1.807, 2.05) is 13.8 Å². The number of phenols is 1. The molecule has 0 aliphatic heterocycles. The molecular weight excluding hydrogens is 236 g/mol. The molecule has 5 nitrogen and oxygen atoms in total. The number of carbonyl (C=O) groups is 1. The number of carboxylic acid groups (broad SMARTS) is 1. The lowest BCUT2D eigenvalue weighted by Gasteiger charge is -2.13. The summed E-state index contributed by atoms with van der Waals surface area (Å²) in [7, 11) is 0. The van der Waals surface area contributed by atoms with E-state index in [9.17, 15) is 9.90 Å². The SMILES string of the molecule is CCCCc1c(OCC)ccc(OC(=O)O)c1O. The van der Waals surface area contributed by atoms with Gasteiger partial charge in [0.05, 0.1) is 6.61 Å². The zero-order valence-corrected chi connectivity index (χ0v) is 10.6. The minimum Gasteiger partial charge on any atom is -0.504 e. The first-order valence-corrected chi connectivity index (χ1v) is 5.98. The van der Waals surface area contributed by atoms with Crippen molar-refractivity contribution in [3.05, 3.63) is 17.7 Å². The molecule has 0 radical (unpaired) electrons. The van der Waals surface area contributed by atoms with Gasteiger partial charge in [0, 0.05) is 5.56 Å². The Morgan fingerprint density at radius 1 is 1.28 bits per heavy atom. The van der Waals surface area contributed by atoms with Gasteiger partial charge in [-0.15, -0.1) is 0 Å². The molecule has 0 aromatic heterocycles. The van der Waals surface area contributed by atoms with Crippen LogP contribution < -0.4 is 9.47 Å². The molecule has 0 saturated heterocycles. The van der Waals surface area contributed by atoms with Crippen LogP contribution in [0.2, 0.25) is 0 Å². The molecule has 18 heavy (non-hydrogen) atoms. The Morgan fingerprint density at radius 3 is 2.50 bits per heavy atom. The van der Waals surface area contributed by atoms with Gasteiger partial charge >= 0.3 is 6.16 Å². The summed E-state index contributed by atoms with van der Waals surface area (Å²) in [6.07, 6.45) is 1.02. The molecule has 0 saturated carbocycles. The fourth-order valence-electron chi connectivity index (χ4n) is 1.66. The maximum absolute atomic E-state index is 10.5. The molecule has 0 amide bonds. The fourth-order valence-corrected chi connectivity index (χ4v) is 1.66. The molecule has 1 rings (SSSR count). The molecule has 5 heteroatoms. The first-order chi connectivity index (χ1) is 8.60. The number of hydrogen-bond acceptors (Lipinski definition) is 4. The lowest BCUT2D eigenvalue weighted by Crippen LogP contribution is -2.05. The van der Waals surface area contributed by atoms with E-state index in [2.05, 4.69) is 4.74 Å². The molecule has 2 N–H and O–H groups in total. The average Bonchev–Trinajstić information content (AvgIpc) is 2.32. The first-order valence-electron chi connectivity index (χ1n) is 5.98. The molecule has 0 aliphatic carbocycles. The Hall–Kier alpha value is -1.91. The Kier molecular flexibility index (Phi) is 5.30. The average molecular weight is 254 g/mol. The second kappa shape index (κ2) is 6.74. The van der Waals surface area contributed by atoms with E-state index < -0.39 is 6.16 Å². The van der Waals surface area contributed by atoms with Crippen LogP contribution in [0.3, 0.4) is 0 Å². The Bertz CT molecular complexity index is 414. The number of phenolic OH excluding ortho intramolecular Hbond substituents is 1. The molecule has 0 unspecified atom stereocenters. The summed E-state index contributed by atoms with van der Waals surface area (Å²) in [6.45, 7) is 4.37. The van der Waals surface area contributed by atoms with Crippen molar-refractivity contribution in [1.29, 1.82) is 0 Å². The predicted octanol–water partition coefficient (Wildman–Crippen LogP) is 3.19. The maximum Gasteiger partial charge on any atom is 0.511 e. The number of aromatic hydroxyl groups is 1. The van der Waals surface area contributed by atoms with Crippen molar-refractivity contribution in [3.8, 4) is 17.2 Å². The molecule has 0 spiro atoms. The van der Waals surface area contributed by atoms with Gasteiger partial charge in [0.15, 0.2) is 11.5 Å². The number of unbranched alkanes of at least 4 members (excludes halogenated alkanes) is 1. The largest absolute Gasteiger partial charge is 0.511 e. The van der Waals surface area contributed by atoms with Crippen LogP contribution in [0.1, 0.15) is 32.3 Å². The summed E-state index contributed by atoms with van der Waals surface area (Å²) in [4.78, 5) is 10.5. The summed E-state index contributed by atoms with van der Waals surface area (Å²) in [5.74, 6) is 0.357. The van der Waals surface area contributed by atoms with E-state index in [-0.39, 0.29) is 11.5 Å². The van der Waals surface area contributed by atoms with Crippen LogP contribution >= 0.6 is 0 Å². The zero-order valence-electron chi connectivity index (χ0n) is 10.6. The standard InChI is InChI=1S/C13H18O5/c1-3-5-6-9-10(17-4-2)7-8-11(12(9)14)18-13(15)16/h7-8,14H,3-6H2,1-2H3,(H,15,16). The van der Waals surface area contributed by atoms with Crippen molar-refractivity contribution >= 4 is 6.16 Å². The zero-order chi connectivity index (χ0) is 13.5. The quantitative estimate of drug-likeness (QED) is 0.602. The molecular formula is C13H18O5. The summed E-state index contributed by atoms with van der Waals surface area (Å²) >= 11 is 0. The van der Waals surface area contributed by atoms with Gasteiger partial charge in [0.1, 0.15) is 5.75 Å². The fraction of sp³-hybridized carbons (Fsp3) is 0.462. The molecule has 0 atom stereocenters. The van der Waals surface area contributed by atoms with E-state index >= 15 is 0 Å². The van der Waals surface area contributed by atoms with E-state index in [1.165, 1.54) is 6.07 Å². The number of hydrogen-bond donors (Lipinski definition) is 2. The van der Waals surface area contributed by atoms with Crippen molar-refractivity contribution in [1.82, 2.24) is 0 Å². The highest BCUT2D eigenvalue weighted by molar-refractivity contribution is 5.65. The highest BCUT2D eigenvalue weighted by Gasteiger charge is 2.16. The minimum absolute atomic E-state index is 0.0583. The Balaban J connectivity index is 3.08. The lowest BCUT2D eigenvalue weighted by atomic mass is 10.1. The molecule has 0 fully saturated rings. The highest BCUT2D eigenvalue weighted by Crippen LogP contribution is 2.37. The van der Waals surface area contributed by atoms with Gasteiger partial charge in [-0.3, -0.25) is 0 Å². The first kappa shape index (κ1) is 14.2. The van der Waals surface area contributed by atoms with Crippen molar-refractivity contribution < 1.29 is 24.5 Å². The summed E-state index contributed by atoms with van der Waals surface area (Å²) < 4.78 is 9.92. The Labute approximate surface area is 106 Å². The Morgan fingerprint density at radius 2 is 1.94 bits per heavy atom. The maximum atomic E-state index is 10.5. The lowest BCUT2D eigenvalue weighted by molar-refractivity contribution is 0.142. The molecule has 1 aromatic rings. The van der Waals surface area contributed by atoms with Crippen LogP contribution in [-0.2, 0) is 6.42 Å². The van der Waals surface area contributed by atoms with Crippen molar-refractivity contribution in [3.63, 3.8) is 0 Å². The third-order valence-electron chi connectivity index (χ3n) is 2.48. The van der Waals surface area contributed by atoms with E-state index in [4.69, 9.17) is 9.84 Å². The van der Waals surface area contributed by atoms with E-state index in [1.54, 1.807) is 6.07 Å². The molecule has 1 aromatic carbocycles. The van der Waals surface area contributed by atoms with Crippen molar-refractivity contribution in [2.75, 3.05) is 6.61 Å². The third kappa shape index (κ3) is 3.55. The molecule has 0 aliphatic rings. The van der Waals surface area contributed by atoms with Gasteiger partial charge in [-0.25, -0.2) is 4.79 Å². The normalized spacial score (nSPS) is 10.1. The van der Waals surface area contributed by atoms with Gasteiger partial charge in [-0.2, -0.15) is 0 Å². The van der Waals surface area contributed by atoms with Crippen LogP contribution in [-0.4, -0.2) is 23.0 Å². The minimum atomic E-state index is -1.45. The van der Waals surface area contributed by atoms with Gasteiger partial charge in [0.2, 0.25) is 0 Å². The number of rotatable bonds is 6. The van der Waals surface area contributed by atoms with E-state index in [0.717, 1.165) is 12.8 Å². The van der Waals surface area contributed by atoms with Crippen LogP contribution in [0.4, 0.5) is 4.79 Å². The number of ether oxygens (including phenoxy) is 2. The van der Waals surface area contributed by atoms with Gasteiger partial charge < -0.3 is 19.7 Å². The van der Waals surface area contributed by atoms with Crippen LogP contribution in [0, 0.1) is 0 Å². The topological polar surface area (TPSA) is 76.0 Å². The molecule has 100 valence electrons. The highest BCUT2D eigenvalue weighted by atomic mass is 16.7. The molecule has 0 heterocycles. The van der Waals surface area contributed by atoms with Crippen LogP contribution in [0.25, 0.3) is 0 Å². The number of benzene rings is 1. The smallest absolute Gasteiger partial charge is 0.504 e. The van der Waals surface area contributed by atoms with Crippen LogP contribution in [0.5, 0.6) is 17.2 Å². The second-order valence-electron chi connectivity index (χ2n) is 3.79. The third-order valence-corrected chi connectivity index (χ3v) is 2.48. The van der Waals surface area contributed by atoms with Gasteiger partial charge in [-0.1, -0.05) is 13.3 Å².